The lowest BCUT2D eigenvalue weighted by Crippen LogP contribution is -2.02. The summed E-state index contributed by atoms with van der Waals surface area (Å²) in [5, 5.41) is 29.7. The average Bonchev–Trinajstić information content (AvgIpc) is 2.74. The molecule has 0 amide bonds. The summed E-state index contributed by atoms with van der Waals surface area (Å²) in [4.78, 5) is 11.5. The summed E-state index contributed by atoms with van der Waals surface area (Å²) in [5.74, 6) is 0.209. The Hall–Kier alpha value is -2.89. The minimum Gasteiger partial charge on any atom is -0.506 e. The zero-order valence-electron chi connectivity index (χ0n) is 15.6. The third kappa shape index (κ3) is 4.75. The molecule has 0 heterocycles. The number of aromatic hydroxyl groups is 1. The first-order valence-electron chi connectivity index (χ1n) is 8.83. The standard InChI is InChI=1S/C23H18INO4/c1-14(26)19-9-10-20(21(24)23(19)28)29-13-15-5-7-17(8-6-15)22(27)18-4-2-3-16(11-18)12-25/h2-11,22,27-28H,13H2,1H3. The Bertz CT molecular complexity index is 1090. The summed E-state index contributed by atoms with van der Waals surface area (Å²) in [6.07, 6.45) is -0.824. The number of benzene rings is 3. The molecule has 5 nitrogen and oxygen atoms in total. The number of ketones is 1. The Balaban J connectivity index is 1.70. The van der Waals surface area contributed by atoms with Gasteiger partial charge in [0.05, 0.1) is 20.8 Å². The molecule has 6 heteroatoms. The monoisotopic (exact) mass is 499 g/mol. The van der Waals surface area contributed by atoms with Crippen LogP contribution in [0, 0.1) is 14.9 Å². The van der Waals surface area contributed by atoms with Crippen molar-refractivity contribution < 1.29 is 19.7 Å². The number of Topliss-reactive ketones (excluding diaryl/α,β-unsaturated/α-hetero) is 1. The van der Waals surface area contributed by atoms with E-state index in [0.29, 0.717) is 26.0 Å². The van der Waals surface area contributed by atoms with Crippen molar-refractivity contribution >= 4 is 28.4 Å². The molecule has 3 rings (SSSR count). The summed E-state index contributed by atoms with van der Waals surface area (Å²) in [5.41, 5.74) is 3.02. The number of phenolic OH excluding ortho intramolecular Hbond substituents is 1. The zero-order chi connectivity index (χ0) is 21.0. The third-order valence-corrected chi connectivity index (χ3v) is 5.52. The minimum absolute atomic E-state index is 0.0753. The van der Waals surface area contributed by atoms with Gasteiger partial charge >= 0.3 is 0 Å². The number of ether oxygens (including phenoxy) is 1. The van der Waals surface area contributed by atoms with Crippen LogP contribution in [0.1, 0.15) is 45.6 Å². The lowest BCUT2D eigenvalue weighted by Gasteiger charge is -2.14. The number of hydrogen-bond acceptors (Lipinski definition) is 5. The van der Waals surface area contributed by atoms with E-state index in [1.807, 2.05) is 46.9 Å². The van der Waals surface area contributed by atoms with Crippen molar-refractivity contribution in [2.45, 2.75) is 19.6 Å². The Morgan fingerprint density at radius 1 is 1.14 bits per heavy atom. The number of carbonyl (C=O) groups is 1. The molecule has 0 radical (unpaired) electrons. The SMILES string of the molecule is CC(=O)c1ccc(OCc2ccc(C(O)c3cccc(C#N)c3)cc2)c(I)c1O. The Morgan fingerprint density at radius 3 is 2.52 bits per heavy atom. The van der Waals surface area contributed by atoms with E-state index in [1.165, 1.54) is 6.92 Å². The highest BCUT2D eigenvalue weighted by atomic mass is 127. The van der Waals surface area contributed by atoms with Crippen molar-refractivity contribution in [3.05, 3.63) is 92.1 Å². The number of hydrogen-bond donors (Lipinski definition) is 2. The van der Waals surface area contributed by atoms with E-state index >= 15 is 0 Å². The van der Waals surface area contributed by atoms with Crippen LogP contribution in [-0.2, 0) is 6.61 Å². The lowest BCUT2D eigenvalue weighted by molar-refractivity contribution is 0.101. The maximum absolute atomic E-state index is 11.5. The molecule has 2 N–H and O–H groups in total. The number of nitrogens with zero attached hydrogens (tertiary/aromatic N) is 1. The van der Waals surface area contributed by atoms with E-state index in [2.05, 4.69) is 6.07 Å². The van der Waals surface area contributed by atoms with Crippen LogP contribution in [-0.4, -0.2) is 16.0 Å². The van der Waals surface area contributed by atoms with E-state index in [0.717, 1.165) is 5.56 Å². The Labute approximate surface area is 182 Å². The normalized spacial score (nSPS) is 11.5. The molecule has 0 saturated carbocycles. The van der Waals surface area contributed by atoms with Crippen molar-refractivity contribution in [3.63, 3.8) is 0 Å². The van der Waals surface area contributed by atoms with E-state index in [-0.39, 0.29) is 23.7 Å². The molecule has 1 unspecified atom stereocenters. The number of aliphatic hydroxyl groups is 1. The Kier molecular flexibility index (Phi) is 6.52. The van der Waals surface area contributed by atoms with Gasteiger partial charge in [-0.05, 0) is 70.5 Å². The van der Waals surface area contributed by atoms with Gasteiger partial charge in [0.1, 0.15) is 24.2 Å². The van der Waals surface area contributed by atoms with Gasteiger partial charge in [-0.25, -0.2) is 0 Å². The van der Waals surface area contributed by atoms with Crippen LogP contribution in [0.3, 0.4) is 0 Å². The number of rotatable bonds is 6. The number of carbonyl (C=O) groups excluding carboxylic acids is 1. The summed E-state index contributed by atoms with van der Waals surface area (Å²) >= 11 is 1.95. The average molecular weight is 499 g/mol. The molecule has 0 aromatic heterocycles. The number of nitriles is 1. The van der Waals surface area contributed by atoms with Crippen LogP contribution >= 0.6 is 22.6 Å². The van der Waals surface area contributed by atoms with Crippen molar-refractivity contribution in [2.75, 3.05) is 0 Å². The molecular formula is C23H18INO4. The molecule has 0 aliphatic rings. The highest BCUT2D eigenvalue weighted by Gasteiger charge is 2.15. The zero-order valence-corrected chi connectivity index (χ0v) is 17.8. The second-order valence-corrected chi connectivity index (χ2v) is 7.58. The van der Waals surface area contributed by atoms with Crippen molar-refractivity contribution in [1.82, 2.24) is 0 Å². The van der Waals surface area contributed by atoms with Gasteiger partial charge < -0.3 is 14.9 Å². The predicted molar refractivity (Wildman–Crippen MR) is 117 cm³/mol. The topological polar surface area (TPSA) is 90.5 Å². The molecule has 146 valence electrons. The molecule has 1 atom stereocenters. The van der Waals surface area contributed by atoms with Gasteiger partial charge in [0, 0.05) is 0 Å². The van der Waals surface area contributed by atoms with E-state index in [9.17, 15) is 15.0 Å². The first-order chi connectivity index (χ1) is 13.9. The fraction of sp³-hybridized carbons (Fsp3) is 0.130. The summed E-state index contributed by atoms with van der Waals surface area (Å²) < 4.78 is 6.26. The van der Waals surface area contributed by atoms with Gasteiger partial charge in [-0.3, -0.25) is 4.79 Å². The molecule has 3 aromatic rings. The van der Waals surface area contributed by atoms with Gasteiger partial charge in [-0.1, -0.05) is 36.4 Å². The van der Waals surface area contributed by atoms with E-state index < -0.39 is 6.10 Å². The van der Waals surface area contributed by atoms with Gasteiger partial charge in [0.15, 0.2) is 5.78 Å². The molecule has 0 fully saturated rings. The van der Waals surface area contributed by atoms with Gasteiger partial charge in [0.25, 0.3) is 0 Å². The summed E-state index contributed by atoms with van der Waals surface area (Å²) in [7, 11) is 0. The molecule has 0 aliphatic heterocycles. The second kappa shape index (κ2) is 9.07. The molecule has 0 aliphatic carbocycles. The molecule has 29 heavy (non-hydrogen) atoms. The first-order valence-corrected chi connectivity index (χ1v) is 9.90. The summed E-state index contributed by atoms with van der Waals surface area (Å²) in [6, 6.07) is 19.5. The number of aliphatic hydroxyl groups excluding tert-OH is 1. The van der Waals surface area contributed by atoms with Crippen molar-refractivity contribution in [2.24, 2.45) is 0 Å². The maximum atomic E-state index is 11.5. The highest BCUT2D eigenvalue weighted by molar-refractivity contribution is 14.1. The molecule has 0 saturated heterocycles. The fourth-order valence-electron chi connectivity index (χ4n) is 2.87. The quantitative estimate of drug-likeness (QED) is 0.378. The van der Waals surface area contributed by atoms with Crippen LogP contribution in [0.4, 0.5) is 0 Å². The largest absolute Gasteiger partial charge is 0.506 e. The number of phenols is 1. The van der Waals surface area contributed by atoms with E-state index in [4.69, 9.17) is 10.00 Å². The van der Waals surface area contributed by atoms with Crippen molar-refractivity contribution in [1.29, 1.82) is 5.26 Å². The van der Waals surface area contributed by atoms with Crippen LogP contribution in [0.15, 0.2) is 60.7 Å². The van der Waals surface area contributed by atoms with Crippen LogP contribution in [0.5, 0.6) is 11.5 Å². The maximum Gasteiger partial charge on any atom is 0.163 e. The Morgan fingerprint density at radius 2 is 1.86 bits per heavy atom. The lowest BCUT2D eigenvalue weighted by atomic mass is 9.99. The molecule has 0 spiro atoms. The van der Waals surface area contributed by atoms with Crippen LogP contribution < -0.4 is 4.74 Å². The first kappa shape index (κ1) is 20.8. The summed E-state index contributed by atoms with van der Waals surface area (Å²) in [6.45, 7) is 1.67. The third-order valence-electron chi connectivity index (χ3n) is 4.48. The number of halogens is 1. The molecule has 0 bridgehead atoms. The van der Waals surface area contributed by atoms with Crippen LogP contribution in [0.25, 0.3) is 0 Å². The minimum atomic E-state index is -0.824. The second-order valence-electron chi connectivity index (χ2n) is 6.50. The molecular weight excluding hydrogens is 481 g/mol. The van der Waals surface area contributed by atoms with Crippen LogP contribution in [0.2, 0.25) is 0 Å². The molecule has 3 aromatic carbocycles. The van der Waals surface area contributed by atoms with Gasteiger partial charge in [-0.2, -0.15) is 5.26 Å². The van der Waals surface area contributed by atoms with Crippen molar-refractivity contribution in [3.8, 4) is 17.6 Å². The highest BCUT2D eigenvalue weighted by Crippen LogP contribution is 2.33. The predicted octanol–water partition coefficient (Wildman–Crippen LogP) is 4.73. The van der Waals surface area contributed by atoms with Gasteiger partial charge in [0.2, 0.25) is 0 Å². The fourth-order valence-corrected chi connectivity index (χ4v) is 3.50. The smallest absolute Gasteiger partial charge is 0.163 e. The van der Waals surface area contributed by atoms with E-state index in [1.54, 1.807) is 36.4 Å². The van der Waals surface area contributed by atoms with Gasteiger partial charge in [-0.15, -0.1) is 0 Å².